The van der Waals surface area contributed by atoms with Gasteiger partial charge in [-0.25, -0.2) is 4.68 Å². The molecule has 0 aliphatic heterocycles. The third-order valence-corrected chi connectivity index (χ3v) is 5.04. The molecule has 8 nitrogen and oxygen atoms in total. The van der Waals surface area contributed by atoms with Crippen LogP contribution in [0.4, 0.5) is 11.4 Å². The van der Waals surface area contributed by atoms with Crippen LogP contribution in [0.3, 0.4) is 0 Å². The first-order chi connectivity index (χ1) is 14.7. The lowest BCUT2D eigenvalue weighted by Gasteiger charge is -2.24. The Morgan fingerprint density at radius 1 is 1.10 bits per heavy atom. The third kappa shape index (κ3) is 4.32. The van der Waals surface area contributed by atoms with Gasteiger partial charge in [0.2, 0.25) is 0 Å². The number of carbonyl (C=O) groups is 1. The standard InChI is InChI=1S/C23H24N4O4/c1-16(2)25(21(28)15-12-18-10-13-20(14-11-18)27(30)31)22-17(3)24(4)26(23(22)29)19-8-6-5-7-9-19/h5-16H,1-4H3/b15-12+. The topological polar surface area (TPSA) is 90.4 Å². The summed E-state index contributed by atoms with van der Waals surface area (Å²) in [6.45, 7) is 5.49. The first kappa shape index (κ1) is 21.8. The molecule has 0 aliphatic rings. The number of benzene rings is 2. The van der Waals surface area contributed by atoms with E-state index in [-0.39, 0.29) is 23.2 Å². The van der Waals surface area contributed by atoms with E-state index in [2.05, 4.69) is 0 Å². The monoisotopic (exact) mass is 420 g/mol. The summed E-state index contributed by atoms with van der Waals surface area (Å²) in [4.78, 5) is 38.1. The molecule has 0 bridgehead atoms. The van der Waals surface area contributed by atoms with E-state index in [9.17, 15) is 19.7 Å². The van der Waals surface area contributed by atoms with E-state index in [4.69, 9.17) is 0 Å². The summed E-state index contributed by atoms with van der Waals surface area (Å²) in [5.74, 6) is -0.348. The number of nitrogens with zero attached hydrogens (tertiary/aromatic N) is 4. The second-order valence-corrected chi connectivity index (χ2v) is 7.39. The third-order valence-electron chi connectivity index (χ3n) is 5.04. The number of rotatable bonds is 6. The molecule has 0 radical (unpaired) electrons. The summed E-state index contributed by atoms with van der Waals surface area (Å²) in [6, 6.07) is 14.9. The van der Waals surface area contributed by atoms with Crippen molar-refractivity contribution in [3.63, 3.8) is 0 Å². The normalized spacial score (nSPS) is 11.3. The lowest BCUT2D eigenvalue weighted by molar-refractivity contribution is -0.384. The minimum absolute atomic E-state index is 0.0198. The van der Waals surface area contributed by atoms with Crippen LogP contribution in [0.1, 0.15) is 25.1 Å². The van der Waals surface area contributed by atoms with E-state index in [0.717, 1.165) is 0 Å². The highest BCUT2D eigenvalue weighted by molar-refractivity contribution is 6.04. The van der Waals surface area contributed by atoms with E-state index in [1.165, 1.54) is 27.8 Å². The molecule has 1 heterocycles. The SMILES string of the molecule is Cc1c(N(C(=O)/C=C/c2ccc([N+](=O)[O-])cc2)C(C)C)c(=O)n(-c2ccccc2)n1C. The second-order valence-electron chi connectivity index (χ2n) is 7.39. The number of non-ortho nitro benzene ring substituents is 1. The van der Waals surface area contributed by atoms with Gasteiger partial charge in [0.1, 0.15) is 5.69 Å². The quantitative estimate of drug-likeness (QED) is 0.344. The molecule has 3 aromatic rings. The molecule has 3 rings (SSSR count). The molecule has 0 atom stereocenters. The molecule has 0 fully saturated rings. The number of para-hydroxylation sites is 1. The summed E-state index contributed by atoms with van der Waals surface area (Å²) in [7, 11) is 1.78. The molecule has 0 aliphatic carbocycles. The lowest BCUT2D eigenvalue weighted by Crippen LogP contribution is -2.39. The van der Waals surface area contributed by atoms with Gasteiger partial charge in [-0.1, -0.05) is 18.2 Å². The summed E-state index contributed by atoms with van der Waals surface area (Å²) in [6.07, 6.45) is 2.95. The van der Waals surface area contributed by atoms with Gasteiger partial charge in [0.25, 0.3) is 17.2 Å². The molecule has 0 spiro atoms. The van der Waals surface area contributed by atoms with Crippen molar-refractivity contribution < 1.29 is 9.72 Å². The Bertz CT molecular complexity index is 1190. The van der Waals surface area contributed by atoms with Gasteiger partial charge < -0.3 is 0 Å². The van der Waals surface area contributed by atoms with Gasteiger partial charge in [-0.05, 0) is 56.7 Å². The first-order valence-electron chi connectivity index (χ1n) is 9.82. The van der Waals surface area contributed by atoms with Crippen molar-refractivity contribution in [2.45, 2.75) is 26.8 Å². The van der Waals surface area contributed by atoms with Crippen molar-refractivity contribution in [1.29, 1.82) is 0 Å². The van der Waals surface area contributed by atoms with Gasteiger partial charge in [0.15, 0.2) is 0 Å². The van der Waals surface area contributed by atoms with Gasteiger partial charge >= 0.3 is 0 Å². The summed E-state index contributed by atoms with van der Waals surface area (Å²) in [5.41, 5.74) is 2.04. The average Bonchev–Trinajstić information content (AvgIpc) is 2.96. The summed E-state index contributed by atoms with van der Waals surface area (Å²) < 4.78 is 3.27. The molecule has 0 saturated carbocycles. The Labute approximate surface area is 179 Å². The van der Waals surface area contributed by atoms with E-state index >= 15 is 0 Å². The van der Waals surface area contributed by atoms with Crippen molar-refractivity contribution in [2.24, 2.45) is 7.05 Å². The fourth-order valence-electron chi connectivity index (χ4n) is 3.41. The highest BCUT2D eigenvalue weighted by Gasteiger charge is 2.27. The zero-order valence-corrected chi connectivity index (χ0v) is 17.9. The summed E-state index contributed by atoms with van der Waals surface area (Å²) >= 11 is 0. The van der Waals surface area contributed by atoms with Crippen molar-refractivity contribution >= 4 is 23.4 Å². The van der Waals surface area contributed by atoms with Crippen LogP contribution in [0.15, 0.2) is 65.5 Å². The minimum atomic E-state index is -0.477. The second kappa shape index (κ2) is 8.83. The van der Waals surface area contributed by atoms with Crippen LogP contribution in [0.2, 0.25) is 0 Å². The van der Waals surface area contributed by atoms with Crippen LogP contribution < -0.4 is 10.5 Å². The Morgan fingerprint density at radius 3 is 2.26 bits per heavy atom. The number of hydrogen-bond acceptors (Lipinski definition) is 4. The lowest BCUT2D eigenvalue weighted by atomic mass is 10.2. The number of anilines is 1. The Kier molecular flexibility index (Phi) is 6.20. The highest BCUT2D eigenvalue weighted by Crippen LogP contribution is 2.21. The highest BCUT2D eigenvalue weighted by atomic mass is 16.6. The molecule has 1 amide bonds. The van der Waals surface area contributed by atoms with Gasteiger partial charge in [-0.15, -0.1) is 0 Å². The van der Waals surface area contributed by atoms with Gasteiger partial charge in [0, 0.05) is 31.3 Å². The fourth-order valence-corrected chi connectivity index (χ4v) is 3.41. The zero-order chi connectivity index (χ0) is 22.7. The Balaban J connectivity index is 1.98. The van der Waals surface area contributed by atoms with Crippen LogP contribution in [0, 0.1) is 17.0 Å². The fraction of sp³-hybridized carbons (Fsp3) is 0.217. The van der Waals surface area contributed by atoms with Crippen molar-refractivity contribution in [3.05, 3.63) is 92.4 Å². The number of nitro groups is 1. The Morgan fingerprint density at radius 2 is 1.71 bits per heavy atom. The predicted molar refractivity (Wildman–Crippen MR) is 120 cm³/mol. The molecular weight excluding hydrogens is 396 g/mol. The summed E-state index contributed by atoms with van der Waals surface area (Å²) in [5, 5.41) is 10.8. The number of nitro benzene ring substituents is 1. The Hall–Kier alpha value is -3.94. The van der Waals surface area contributed by atoms with Gasteiger partial charge in [-0.2, -0.15) is 0 Å². The van der Waals surface area contributed by atoms with Crippen LogP contribution in [-0.2, 0) is 11.8 Å². The van der Waals surface area contributed by atoms with Crippen LogP contribution in [0.25, 0.3) is 11.8 Å². The van der Waals surface area contributed by atoms with Crippen molar-refractivity contribution in [2.75, 3.05) is 4.90 Å². The number of aromatic nitrogens is 2. The zero-order valence-electron chi connectivity index (χ0n) is 17.9. The van der Waals surface area contributed by atoms with Crippen LogP contribution in [-0.4, -0.2) is 26.2 Å². The van der Waals surface area contributed by atoms with Gasteiger partial charge in [0.05, 0.1) is 16.3 Å². The van der Waals surface area contributed by atoms with Crippen molar-refractivity contribution in [3.8, 4) is 5.69 Å². The molecule has 0 unspecified atom stereocenters. The molecule has 160 valence electrons. The maximum absolute atomic E-state index is 13.3. The first-order valence-corrected chi connectivity index (χ1v) is 9.82. The molecular formula is C23H24N4O4. The van der Waals surface area contributed by atoms with Crippen LogP contribution >= 0.6 is 0 Å². The number of carbonyl (C=O) groups excluding carboxylic acids is 1. The molecule has 0 N–H and O–H groups in total. The largest absolute Gasteiger partial charge is 0.300 e. The predicted octanol–water partition coefficient (Wildman–Crippen LogP) is 3.85. The number of hydrogen-bond donors (Lipinski definition) is 0. The molecule has 1 aromatic heterocycles. The average molecular weight is 420 g/mol. The smallest absolute Gasteiger partial charge is 0.295 e. The van der Waals surface area contributed by atoms with E-state index in [1.807, 2.05) is 44.2 Å². The molecule has 8 heteroatoms. The van der Waals surface area contributed by atoms with Crippen LogP contribution in [0.5, 0.6) is 0 Å². The molecule has 31 heavy (non-hydrogen) atoms. The van der Waals surface area contributed by atoms with E-state index in [0.29, 0.717) is 22.6 Å². The van der Waals surface area contributed by atoms with Gasteiger partial charge in [-0.3, -0.25) is 29.3 Å². The minimum Gasteiger partial charge on any atom is -0.300 e. The van der Waals surface area contributed by atoms with Crippen molar-refractivity contribution in [1.82, 2.24) is 9.36 Å². The molecule has 0 saturated heterocycles. The maximum atomic E-state index is 13.3. The number of amides is 1. The van der Waals surface area contributed by atoms with E-state index < -0.39 is 4.92 Å². The maximum Gasteiger partial charge on any atom is 0.295 e. The molecule has 2 aromatic carbocycles. The van der Waals surface area contributed by atoms with E-state index in [1.54, 1.807) is 36.9 Å².